The number of rotatable bonds is 5. The first-order valence-electron chi connectivity index (χ1n) is 11.8. The molecular weight excluding hydrogens is 567 g/mol. The van der Waals surface area contributed by atoms with Gasteiger partial charge in [-0.15, -0.1) is 0 Å². The second-order valence-corrected chi connectivity index (χ2v) is 14.0. The van der Waals surface area contributed by atoms with Crippen LogP contribution in [0.5, 0.6) is 0 Å². The Morgan fingerprint density at radius 2 is 1.85 bits per heavy atom. The lowest BCUT2D eigenvalue weighted by molar-refractivity contribution is 0.431. The van der Waals surface area contributed by atoms with Crippen molar-refractivity contribution in [3.8, 4) is 22.8 Å². The van der Waals surface area contributed by atoms with Crippen molar-refractivity contribution in [1.29, 1.82) is 0 Å². The molecule has 2 heterocycles. The maximum Gasteiger partial charge on any atom is 0.258 e. The van der Waals surface area contributed by atoms with Gasteiger partial charge in [0.25, 0.3) is 5.89 Å². The molecule has 1 atom stereocenters. The predicted molar refractivity (Wildman–Crippen MR) is 146 cm³/mol. The molecule has 0 unspecified atom stereocenters. The summed E-state index contributed by atoms with van der Waals surface area (Å²) in [6, 6.07) is 13.2. The van der Waals surface area contributed by atoms with Gasteiger partial charge in [-0.1, -0.05) is 28.9 Å². The largest absolute Gasteiger partial charge is 0.365 e. The molecule has 0 aliphatic carbocycles. The second-order valence-electron chi connectivity index (χ2n) is 9.52. The van der Waals surface area contributed by atoms with E-state index in [1.54, 1.807) is 24.0 Å². The molecule has 4 aromatic rings. The lowest BCUT2D eigenvalue weighted by atomic mass is 10.1. The molecular formula is C26H24ClFN4O5S2. The minimum Gasteiger partial charge on any atom is -0.365 e. The normalized spacial score (nSPS) is 17.1. The Balaban J connectivity index is 1.58. The quantitative estimate of drug-likeness (QED) is 0.365. The number of benzene rings is 3. The summed E-state index contributed by atoms with van der Waals surface area (Å²) in [4.78, 5) is 6.09. The van der Waals surface area contributed by atoms with Crippen LogP contribution in [-0.2, 0) is 26.2 Å². The molecule has 0 saturated carbocycles. The summed E-state index contributed by atoms with van der Waals surface area (Å²) in [7, 11) is -7.29. The Kier molecular flexibility index (Phi) is 7.00. The van der Waals surface area contributed by atoms with Gasteiger partial charge in [0.05, 0.1) is 26.8 Å². The van der Waals surface area contributed by atoms with E-state index >= 15 is 4.39 Å². The van der Waals surface area contributed by atoms with Gasteiger partial charge in [0.1, 0.15) is 5.82 Å². The predicted octanol–water partition coefficient (Wildman–Crippen LogP) is 4.03. The van der Waals surface area contributed by atoms with E-state index in [4.69, 9.17) is 21.9 Å². The Morgan fingerprint density at radius 3 is 2.51 bits per heavy atom. The van der Waals surface area contributed by atoms with Crippen LogP contribution in [0.25, 0.3) is 22.8 Å². The van der Waals surface area contributed by atoms with E-state index in [9.17, 15) is 16.8 Å². The number of hydrogen-bond donors (Lipinski definition) is 1. The van der Waals surface area contributed by atoms with Gasteiger partial charge >= 0.3 is 0 Å². The van der Waals surface area contributed by atoms with E-state index in [0.717, 1.165) is 17.9 Å². The molecule has 1 aromatic heterocycles. The number of aromatic nitrogens is 2. The van der Waals surface area contributed by atoms with E-state index in [2.05, 4.69) is 10.1 Å². The zero-order chi connectivity index (χ0) is 28.1. The zero-order valence-electron chi connectivity index (χ0n) is 20.9. The lowest BCUT2D eigenvalue weighted by Gasteiger charge is -2.26. The molecule has 0 amide bonds. The van der Waals surface area contributed by atoms with Gasteiger partial charge in [0, 0.05) is 36.0 Å². The summed E-state index contributed by atoms with van der Waals surface area (Å²) in [6.45, 7) is 2.21. The number of sulfone groups is 2. The first kappa shape index (κ1) is 27.3. The van der Waals surface area contributed by atoms with Gasteiger partial charge in [-0.25, -0.2) is 21.2 Å². The van der Waals surface area contributed by atoms with Crippen molar-refractivity contribution in [1.82, 2.24) is 10.1 Å². The number of nitrogens with zero attached hydrogens (tertiary/aromatic N) is 3. The molecule has 5 rings (SSSR count). The van der Waals surface area contributed by atoms with E-state index in [1.807, 2.05) is 12.1 Å². The van der Waals surface area contributed by atoms with Crippen LogP contribution in [0.1, 0.15) is 11.1 Å². The van der Waals surface area contributed by atoms with Gasteiger partial charge in [-0.2, -0.15) is 4.98 Å². The minimum absolute atomic E-state index is 0.0547. The summed E-state index contributed by atoms with van der Waals surface area (Å²) in [5.74, 6) is -1.19. The van der Waals surface area contributed by atoms with Crippen LogP contribution in [0.2, 0.25) is 5.02 Å². The average Bonchev–Trinajstić information content (AvgIpc) is 3.30. The van der Waals surface area contributed by atoms with Crippen molar-refractivity contribution in [3.63, 3.8) is 0 Å². The Morgan fingerprint density at radius 1 is 1.13 bits per heavy atom. The van der Waals surface area contributed by atoms with Crippen LogP contribution in [0.4, 0.5) is 10.1 Å². The highest BCUT2D eigenvalue weighted by Crippen LogP contribution is 2.37. The molecule has 0 fully saturated rings. The molecule has 3 aromatic carbocycles. The number of halogens is 2. The first-order valence-corrected chi connectivity index (χ1v) is 15.7. The highest BCUT2D eigenvalue weighted by Gasteiger charge is 2.32. The Labute approximate surface area is 230 Å². The maximum atomic E-state index is 15.4. The molecule has 0 spiro atoms. The summed E-state index contributed by atoms with van der Waals surface area (Å²) < 4.78 is 70.7. The molecule has 9 nitrogen and oxygen atoms in total. The fourth-order valence-corrected chi connectivity index (χ4v) is 7.00. The number of hydrogen-bond acceptors (Lipinski definition) is 9. The first-order chi connectivity index (χ1) is 18.3. The molecule has 13 heteroatoms. The number of aryl methyl sites for hydroxylation is 1. The Hall–Kier alpha value is -3.32. The summed E-state index contributed by atoms with van der Waals surface area (Å²) in [5.41, 5.74) is 8.28. The number of fused-ring (bicyclic) bond motifs is 1. The van der Waals surface area contributed by atoms with Crippen LogP contribution in [0, 0.1) is 12.7 Å². The fourth-order valence-electron chi connectivity index (χ4n) is 4.53. The number of nitrogens with two attached hydrogens (primary N) is 1. The van der Waals surface area contributed by atoms with E-state index < -0.39 is 31.5 Å². The van der Waals surface area contributed by atoms with Gasteiger partial charge in [-0.3, -0.25) is 0 Å². The van der Waals surface area contributed by atoms with E-state index in [-0.39, 0.29) is 45.1 Å². The highest BCUT2D eigenvalue weighted by atomic mass is 35.5. The Bertz CT molecular complexity index is 1790. The third-order valence-corrected chi connectivity index (χ3v) is 9.65. The van der Waals surface area contributed by atoms with Crippen molar-refractivity contribution < 1.29 is 25.7 Å². The van der Waals surface area contributed by atoms with Gasteiger partial charge in [0.2, 0.25) is 5.82 Å². The van der Waals surface area contributed by atoms with Crippen LogP contribution in [0.15, 0.2) is 68.9 Å². The van der Waals surface area contributed by atoms with E-state index in [0.29, 0.717) is 22.7 Å². The highest BCUT2D eigenvalue weighted by molar-refractivity contribution is 7.91. The van der Waals surface area contributed by atoms with Gasteiger partial charge < -0.3 is 15.2 Å². The molecule has 1 aliphatic rings. The SMILES string of the molecule is Cc1cc(S(C)(=O)=O)ccc1-c1nc(-c2cc3c(cc2F)S(=O)(=O)C[C@H](N)CN3Cc2ccc(Cl)cc2)no1. The summed E-state index contributed by atoms with van der Waals surface area (Å²) in [5, 5.41) is 4.49. The number of anilines is 1. The van der Waals surface area contributed by atoms with Crippen LogP contribution < -0.4 is 10.6 Å². The van der Waals surface area contributed by atoms with Crippen molar-refractivity contribution >= 4 is 37.0 Å². The molecule has 39 heavy (non-hydrogen) atoms. The minimum atomic E-state index is -3.88. The van der Waals surface area contributed by atoms with Crippen molar-refractivity contribution in [2.45, 2.75) is 29.3 Å². The van der Waals surface area contributed by atoms with Crippen molar-refractivity contribution in [3.05, 3.63) is 76.6 Å². The summed E-state index contributed by atoms with van der Waals surface area (Å²) >= 11 is 6.01. The molecule has 2 N–H and O–H groups in total. The average molecular weight is 591 g/mol. The lowest BCUT2D eigenvalue weighted by Crippen LogP contribution is -2.39. The fraction of sp³-hybridized carbons (Fsp3) is 0.231. The van der Waals surface area contributed by atoms with Crippen LogP contribution in [0.3, 0.4) is 0 Å². The van der Waals surface area contributed by atoms with Crippen LogP contribution in [-0.4, -0.2) is 51.6 Å². The molecule has 1 aliphatic heterocycles. The second kappa shape index (κ2) is 10.0. The van der Waals surface area contributed by atoms with E-state index in [1.165, 1.54) is 24.3 Å². The topological polar surface area (TPSA) is 136 Å². The standard InChI is InChI=1S/C26H24ClFN4O5S2/c1-15-9-19(38(2,33)34)7-8-20(15)26-30-25(31-37-26)21-10-23-24(11-22(21)28)39(35,36)14-18(29)13-32(23)12-16-3-5-17(27)6-4-16/h3-11,18H,12-14,29H2,1-2H3/t18-/m1/s1. The summed E-state index contributed by atoms with van der Waals surface area (Å²) in [6.07, 6.45) is 1.11. The van der Waals surface area contributed by atoms with Crippen LogP contribution >= 0.6 is 11.6 Å². The zero-order valence-corrected chi connectivity index (χ0v) is 23.3. The smallest absolute Gasteiger partial charge is 0.258 e. The third kappa shape index (κ3) is 5.55. The maximum absolute atomic E-state index is 15.4. The molecule has 0 saturated heterocycles. The molecule has 0 bridgehead atoms. The van der Waals surface area contributed by atoms with Gasteiger partial charge in [0.15, 0.2) is 19.7 Å². The third-order valence-electron chi connectivity index (χ3n) is 6.42. The molecule has 204 valence electrons. The van der Waals surface area contributed by atoms with Gasteiger partial charge in [-0.05, 0) is 60.5 Å². The monoisotopic (exact) mass is 590 g/mol. The molecule has 0 radical (unpaired) electrons. The van der Waals surface area contributed by atoms with Crippen molar-refractivity contribution in [2.75, 3.05) is 23.5 Å². The van der Waals surface area contributed by atoms with Crippen molar-refractivity contribution in [2.24, 2.45) is 5.73 Å².